The summed E-state index contributed by atoms with van der Waals surface area (Å²) in [7, 11) is 0. The summed E-state index contributed by atoms with van der Waals surface area (Å²) in [5, 5.41) is 9.07. The van der Waals surface area contributed by atoms with Crippen molar-refractivity contribution in [2.75, 3.05) is 6.54 Å². The third-order valence-electron chi connectivity index (χ3n) is 3.14. The molecule has 3 heteroatoms. The lowest BCUT2D eigenvalue weighted by atomic mass is 10.2. The summed E-state index contributed by atoms with van der Waals surface area (Å²) in [5.74, 6) is 0. The van der Waals surface area contributed by atoms with Crippen LogP contribution in [0, 0.1) is 0 Å². The van der Waals surface area contributed by atoms with E-state index in [4.69, 9.17) is 0 Å². The second-order valence-corrected chi connectivity index (χ2v) is 4.77. The molecule has 1 heterocycles. The van der Waals surface area contributed by atoms with Crippen LogP contribution in [0.2, 0.25) is 0 Å². The Hall–Kier alpha value is -1.61. The Kier molecular flexibility index (Phi) is 2.69. The molecule has 1 aliphatic rings. The highest BCUT2D eigenvalue weighted by Gasteiger charge is 2.20. The van der Waals surface area contributed by atoms with E-state index in [2.05, 4.69) is 29.1 Å². The largest absolute Gasteiger partial charge is 0.310 e. The van der Waals surface area contributed by atoms with Crippen molar-refractivity contribution in [3.05, 3.63) is 42.6 Å². The molecule has 1 fully saturated rings. The summed E-state index contributed by atoms with van der Waals surface area (Å²) in [5.41, 5.74) is 2.37. The molecule has 17 heavy (non-hydrogen) atoms. The van der Waals surface area contributed by atoms with Gasteiger partial charge in [0.1, 0.15) is 0 Å². The SMILES string of the molecule is C=C(CNC1CC1)Cn1ncc2ccccc21. The number of rotatable bonds is 5. The van der Waals surface area contributed by atoms with Crippen molar-refractivity contribution in [2.45, 2.75) is 25.4 Å². The maximum absolute atomic E-state index is 4.41. The van der Waals surface area contributed by atoms with Crippen LogP contribution in [-0.2, 0) is 6.54 Å². The van der Waals surface area contributed by atoms with Gasteiger partial charge in [-0.1, -0.05) is 24.8 Å². The monoisotopic (exact) mass is 227 g/mol. The molecule has 3 nitrogen and oxygen atoms in total. The minimum Gasteiger partial charge on any atom is -0.310 e. The summed E-state index contributed by atoms with van der Waals surface area (Å²) < 4.78 is 2.02. The van der Waals surface area contributed by atoms with E-state index in [1.165, 1.54) is 29.3 Å². The zero-order chi connectivity index (χ0) is 11.7. The van der Waals surface area contributed by atoms with Crippen molar-refractivity contribution in [2.24, 2.45) is 0 Å². The molecule has 1 aromatic carbocycles. The molecule has 0 unspecified atom stereocenters. The van der Waals surface area contributed by atoms with E-state index in [0.29, 0.717) is 0 Å². The number of nitrogens with zero attached hydrogens (tertiary/aromatic N) is 2. The lowest BCUT2D eigenvalue weighted by molar-refractivity contribution is 0.650. The Morgan fingerprint density at radius 2 is 2.24 bits per heavy atom. The van der Waals surface area contributed by atoms with Crippen molar-refractivity contribution < 1.29 is 0 Å². The highest BCUT2D eigenvalue weighted by Crippen LogP contribution is 2.19. The van der Waals surface area contributed by atoms with Crippen LogP contribution in [0.1, 0.15) is 12.8 Å². The number of benzene rings is 1. The van der Waals surface area contributed by atoms with Gasteiger partial charge in [0.05, 0.1) is 18.3 Å². The van der Waals surface area contributed by atoms with Gasteiger partial charge in [-0.05, 0) is 24.5 Å². The Balaban J connectivity index is 1.68. The summed E-state index contributed by atoms with van der Waals surface area (Å²) in [6, 6.07) is 9.01. The Bertz CT molecular complexity index is 537. The van der Waals surface area contributed by atoms with Gasteiger partial charge in [-0.25, -0.2) is 0 Å². The molecule has 0 atom stereocenters. The summed E-state index contributed by atoms with van der Waals surface area (Å²) in [6.07, 6.45) is 4.55. The van der Waals surface area contributed by atoms with E-state index in [9.17, 15) is 0 Å². The Morgan fingerprint density at radius 3 is 3.06 bits per heavy atom. The van der Waals surface area contributed by atoms with E-state index in [1.807, 2.05) is 23.0 Å². The molecule has 1 N–H and O–H groups in total. The number of nitrogens with one attached hydrogen (secondary N) is 1. The minimum atomic E-state index is 0.737. The molecule has 3 rings (SSSR count). The van der Waals surface area contributed by atoms with Crippen LogP contribution in [0.15, 0.2) is 42.6 Å². The van der Waals surface area contributed by atoms with E-state index in [1.54, 1.807) is 0 Å². The normalized spacial score (nSPS) is 15.3. The molecule has 0 saturated heterocycles. The maximum Gasteiger partial charge on any atom is 0.0686 e. The van der Waals surface area contributed by atoms with E-state index in [0.717, 1.165) is 19.1 Å². The maximum atomic E-state index is 4.41. The van der Waals surface area contributed by atoms with Crippen molar-refractivity contribution >= 4 is 10.9 Å². The minimum absolute atomic E-state index is 0.737. The number of para-hydroxylation sites is 1. The molecular weight excluding hydrogens is 210 g/mol. The molecule has 0 aliphatic heterocycles. The molecule has 0 bridgehead atoms. The van der Waals surface area contributed by atoms with Crippen LogP contribution < -0.4 is 5.32 Å². The predicted octanol–water partition coefficient (Wildman–Crippen LogP) is 2.34. The highest BCUT2D eigenvalue weighted by molar-refractivity contribution is 5.78. The Morgan fingerprint density at radius 1 is 1.41 bits per heavy atom. The third-order valence-corrected chi connectivity index (χ3v) is 3.14. The Labute approximate surface area is 101 Å². The summed E-state index contributed by atoms with van der Waals surface area (Å²) >= 11 is 0. The molecule has 1 saturated carbocycles. The lowest BCUT2D eigenvalue weighted by Crippen LogP contribution is -2.21. The topological polar surface area (TPSA) is 29.9 Å². The first-order valence-electron chi connectivity index (χ1n) is 6.13. The van der Waals surface area contributed by atoms with Crippen LogP contribution in [-0.4, -0.2) is 22.4 Å². The lowest BCUT2D eigenvalue weighted by Gasteiger charge is -2.08. The van der Waals surface area contributed by atoms with Gasteiger partial charge in [0.2, 0.25) is 0 Å². The zero-order valence-corrected chi connectivity index (χ0v) is 9.89. The fourth-order valence-corrected chi connectivity index (χ4v) is 2.00. The van der Waals surface area contributed by atoms with E-state index >= 15 is 0 Å². The quantitative estimate of drug-likeness (QED) is 0.795. The van der Waals surface area contributed by atoms with Crippen LogP contribution in [0.25, 0.3) is 10.9 Å². The average molecular weight is 227 g/mol. The predicted molar refractivity (Wildman–Crippen MR) is 69.9 cm³/mol. The first kappa shape index (κ1) is 10.5. The average Bonchev–Trinajstić information content (AvgIpc) is 3.10. The molecule has 88 valence electrons. The van der Waals surface area contributed by atoms with Gasteiger partial charge in [0, 0.05) is 18.0 Å². The number of aromatic nitrogens is 2. The highest BCUT2D eigenvalue weighted by atomic mass is 15.3. The summed E-state index contributed by atoms with van der Waals surface area (Å²) in [6.45, 7) is 5.81. The fraction of sp³-hybridized carbons (Fsp3) is 0.357. The molecule has 0 amide bonds. The van der Waals surface area contributed by atoms with Crippen molar-refractivity contribution in [3.8, 4) is 0 Å². The van der Waals surface area contributed by atoms with Gasteiger partial charge in [0.15, 0.2) is 0 Å². The zero-order valence-electron chi connectivity index (χ0n) is 9.89. The molecule has 0 radical (unpaired) electrons. The number of fused-ring (bicyclic) bond motifs is 1. The van der Waals surface area contributed by atoms with Crippen molar-refractivity contribution in [3.63, 3.8) is 0 Å². The van der Waals surface area contributed by atoms with Crippen LogP contribution >= 0.6 is 0 Å². The van der Waals surface area contributed by atoms with Gasteiger partial charge < -0.3 is 5.32 Å². The first-order valence-corrected chi connectivity index (χ1v) is 6.13. The van der Waals surface area contributed by atoms with E-state index < -0.39 is 0 Å². The second-order valence-electron chi connectivity index (χ2n) is 4.77. The molecular formula is C14H17N3. The van der Waals surface area contributed by atoms with Crippen molar-refractivity contribution in [1.82, 2.24) is 15.1 Å². The van der Waals surface area contributed by atoms with Crippen LogP contribution in [0.4, 0.5) is 0 Å². The van der Waals surface area contributed by atoms with Gasteiger partial charge in [-0.3, -0.25) is 4.68 Å². The summed E-state index contributed by atoms with van der Waals surface area (Å²) in [4.78, 5) is 0. The van der Waals surface area contributed by atoms with Gasteiger partial charge in [0.25, 0.3) is 0 Å². The van der Waals surface area contributed by atoms with Crippen LogP contribution in [0.5, 0.6) is 0 Å². The molecule has 1 aliphatic carbocycles. The standard InChI is InChI=1S/C14H17N3/c1-11(8-15-13-6-7-13)10-17-14-5-3-2-4-12(14)9-16-17/h2-5,9,13,15H,1,6-8,10H2. The van der Waals surface area contributed by atoms with Crippen molar-refractivity contribution in [1.29, 1.82) is 0 Å². The third kappa shape index (κ3) is 2.39. The molecule has 2 aromatic rings. The first-order chi connectivity index (χ1) is 8.33. The van der Waals surface area contributed by atoms with Gasteiger partial charge in [-0.15, -0.1) is 0 Å². The van der Waals surface area contributed by atoms with Gasteiger partial charge >= 0.3 is 0 Å². The smallest absolute Gasteiger partial charge is 0.0686 e. The molecule has 0 spiro atoms. The van der Waals surface area contributed by atoms with E-state index in [-0.39, 0.29) is 0 Å². The number of hydrogen-bond donors (Lipinski definition) is 1. The molecule has 1 aromatic heterocycles. The van der Waals surface area contributed by atoms with Gasteiger partial charge in [-0.2, -0.15) is 5.10 Å². The second kappa shape index (κ2) is 4.34. The van der Waals surface area contributed by atoms with Crippen LogP contribution in [0.3, 0.4) is 0 Å². The number of hydrogen-bond acceptors (Lipinski definition) is 2. The fourth-order valence-electron chi connectivity index (χ4n) is 2.00.